The van der Waals surface area contributed by atoms with E-state index in [0.29, 0.717) is 22.9 Å². The predicted octanol–water partition coefficient (Wildman–Crippen LogP) is 3.72. The Hall–Kier alpha value is -2.34. The summed E-state index contributed by atoms with van der Waals surface area (Å²) in [4.78, 5) is 20.4. The number of pyridine rings is 1. The highest BCUT2D eigenvalue weighted by atomic mass is 32.2. The highest BCUT2D eigenvalue weighted by Gasteiger charge is 2.33. The molecule has 174 valence electrons. The monoisotopic (exact) mass is 491 g/mol. The number of thioether (sulfide) groups is 1. The Balaban J connectivity index is 1.78. The molecule has 0 bridgehead atoms. The van der Waals surface area contributed by atoms with E-state index in [1.807, 2.05) is 6.92 Å². The molecule has 0 radical (unpaired) electrons. The van der Waals surface area contributed by atoms with Gasteiger partial charge in [-0.2, -0.15) is 13.2 Å². The van der Waals surface area contributed by atoms with Crippen LogP contribution < -0.4 is 4.90 Å². The first-order valence-corrected chi connectivity index (χ1v) is 12.5. The molecule has 6 nitrogen and oxygen atoms in total. The largest absolute Gasteiger partial charge is 0.417 e. The Morgan fingerprint density at radius 2 is 1.81 bits per heavy atom. The summed E-state index contributed by atoms with van der Waals surface area (Å²) in [6, 6.07) is 4.83. The van der Waals surface area contributed by atoms with Gasteiger partial charge < -0.3 is 9.80 Å². The molecule has 0 spiro atoms. The van der Waals surface area contributed by atoms with Crippen LogP contribution in [0.3, 0.4) is 0 Å². The third kappa shape index (κ3) is 5.34. The second-order valence-corrected chi connectivity index (χ2v) is 10.5. The fourth-order valence-electron chi connectivity index (χ4n) is 3.30. The molecular weight excluding hydrogens is 470 g/mol. The molecule has 1 aromatic carbocycles. The molecule has 1 aliphatic heterocycles. The summed E-state index contributed by atoms with van der Waals surface area (Å²) in [6.45, 7) is 2.61. The van der Waals surface area contributed by atoms with Crippen LogP contribution in [0.5, 0.6) is 0 Å². The molecule has 2 heterocycles. The lowest BCUT2D eigenvalue weighted by Crippen LogP contribution is -2.49. The molecule has 0 N–H and O–H groups in total. The molecule has 0 saturated carbocycles. The third-order valence-electron chi connectivity index (χ3n) is 4.92. The van der Waals surface area contributed by atoms with Crippen LogP contribution in [0.15, 0.2) is 40.3 Å². The second-order valence-electron chi connectivity index (χ2n) is 7.17. The zero-order valence-corrected chi connectivity index (χ0v) is 19.0. The standard InChI is InChI=1S/C20H21F4N3O3S2/c1-3-31-17-5-4-14(32(2,29)30)11-15(17)19(28)27-8-6-26(7-9-27)18-16(21)10-13(12-25-18)20(22,23)24/h4-5,10-12H,3,6-9H2,1-2H3. The lowest BCUT2D eigenvalue weighted by atomic mass is 10.1. The van der Waals surface area contributed by atoms with Crippen LogP contribution in [0, 0.1) is 5.82 Å². The molecule has 32 heavy (non-hydrogen) atoms. The summed E-state index contributed by atoms with van der Waals surface area (Å²) in [5, 5.41) is 0. The van der Waals surface area contributed by atoms with Crippen molar-refractivity contribution in [1.82, 2.24) is 9.88 Å². The van der Waals surface area contributed by atoms with Gasteiger partial charge in [-0.15, -0.1) is 11.8 Å². The van der Waals surface area contributed by atoms with Crippen molar-refractivity contribution in [2.75, 3.05) is 43.1 Å². The van der Waals surface area contributed by atoms with Crippen molar-refractivity contribution in [3.8, 4) is 0 Å². The Morgan fingerprint density at radius 1 is 1.16 bits per heavy atom. The van der Waals surface area contributed by atoms with Crippen molar-refractivity contribution in [3.63, 3.8) is 0 Å². The van der Waals surface area contributed by atoms with Gasteiger partial charge in [0, 0.05) is 43.5 Å². The van der Waals surface area contributed by atoms with Gasteiger partial charge in [0.2, 0.25) is 0 Å². The lowest BCUT2D eigenvalue weighted by molar-refractivity contribution is -0.138. The fraction of sp³-hybridized carbons (Fsp3) is 0.400. The van der Waals surface area contributed by atoms with Crippen molar-refractivity contribution >= 4 is 33.3 Å². The van der Waals surface area contributed by atoms with E-state index in [9.17, 15) is 30.8 Å². The van der Waals surface area contributed by atoms with Crippen molar-refractivity contribution < 1.29 is 30.8 Å². The van der Waals surface area contributed by atoms with E-state index >= 15 is 0 Å². The molecular formula is C20H21F4N3O3S2. The molecule has 1 fully saturated rings. The van der Waals surface area contributed by atoms with E-state index in [4.69, 9.17) is 0 Å². The predicted molar refractivity (Wildman–Crippen MR) is 113 cm³/mol. The van der Waals surface area contributed by atoms with Crippen molar-refractivity contribution in [1.29, 1.82) is 0 Å². The quantitative estimate of drug-likeness (QED) is 0.469. The molecule has 1 aliphatic rings. The molecule has 1 amide bonds. The number of sulfone groups is 1. The number of aromatic nitrogens is 1. The van der Waals surface area contributed by atoms with Gasteiger partial charge in [0.15, 0.2) is 21.5 Å². The number of hydrogen-bond donors (Lipinski definition) is 0. The summed E-state index contributed by atoms with van der Waals surface area (Å²) in [6.07, 6.45) is -3.04. The Labute approximate surface area is 187 Å². The third-order valence-corrected chi connectivity index (χ3v) is 6.99. The molecule has 3 rings (SSSR count). The van der Waals surface area contributed by atoms with Crippen LogP contribution in [-0.4, -0.2) is 62.4 Å². The minimum atomic E-state index is -4.69. The van der Waals surface area contributed by atoms with Crippen LogP contribution in [0.25, 0.3) is 0 Å². The van der Waals surface area contributed by atoms with E-state index in [1.54, 1.807) is 6.07 Å². The van der Waals surface area contributed by atoms with Gasteiger partial charge >= 0.3 is 6.18 Å². The van der Waals surface area contributed by atoms with E-state index in [1.165, 1.54) is 33.7 Å². The van der Waals surface area contributed by atoms with Crippen LogP contribution in [0.2, 0.25) is 0 Å². The Morgan fingerprint density at radius 3 is 2.34 bits per heavy atom. The summed E-state index contributed by atoms with van der Waals surface area (Å²) in [5.41, 5.74) is -0.897. The maximum absolute atomic E-state index is 14.2. The van der Waals surface area contributed by atoms with Crippen molar-refractivity contribution in [2.24, 2.45) is 0 Å². The second kappa shape index (κ2) is 9.26. The SMILES string of the molecule is CCSc1ccc(S(C)(=O)=O)cc1C(=O)N1CCN(c2ncc(C(F)(F)F)cc2F)CC1. The zero-order valence-electron chi connectivity index (χ0n) is 17.3. The maximum Gasteiger partial charge on any atom is 0.417 e. The number of rotatable bonds is 5. The van der Waals surface area contributed by atoms with Crippen LogP contribution >= 0.6 is 11.8 Å². The first kappa shape index (κ1) is 24.3. The van der Waals surface area contributed by atoms with E-state index < -0.39 is 27.4 Å². The van der Waals surface area contributed by atoms with E-state index in [-0.39, 0.29) is 48.4 Å². The molecule has 1 aromatic heterocycles. The molecule has 1 saturated heterocycles. The van der Waals surface area contributed by atoms with E-state index in [0.717, 1.165) is 6.26 Å². The maximum atomic E-state index is 14.2. The average molecular weight is 492 g/mol. The van der Waals surface area contributed by atoms with Gasteiger partial charge in [-0.1, -0.05) is 6.92 Å². The molecule has 2 aromatic rings. The highest BCUT2D eigenvalue weighted by molar-refractivity contribution is 7.99. The number of amides is 1. The number of nitrogens with zero attached hydrogens (tertiary/aromatic N) is 3. The number of halogens is 4. The van der Waals surface area contributed by atoms with Crippen LogP contribution in [0.4, 0.5) is 23.4 Å². The Bertz CT molecular complexity index is 1120. The smallest absolute Gasteiger partial charge is 0.351 e. The zero-order chi connectivity index (χ0) is 23.7. The van der Waals surface area contributed by atoms with Crippen molar-refractivity contribution in [3.05, 3.63) is 47.4 Å². The number of carbonyl (C=O) groups excluding carboxylic acids is 1. The molecule has 12 heteroatoms. The first-order valence-electron chi connectivity index (χ1n) is 9.65. The average Bonchev–Trinajstić information content (AvgIpc) is 2.72. The Kier molecular flexibility index (Phi) is 7.03. The highest BCUT2D eigenvalue weighted by Crippen LogP contribution is 2.31. The van der Waals surface area contributed by atoms with Gasteiger partial charge in [0.05, 0.1) is 16.0 Å². The normalized spacial score (nSPS) is 15.2. The molecule has 0 atom stereocenters. The van der Waals surface area contributed by atoms with Crippen molar-refractivity contribution in [2.45, 2.75) is 22.9 Å². The first-order chi connectivity index (χ1) is 14.9. The van der Waals surface area contributed by atoms with Gasteiger partial charge in [-0.05, 0) is 30.0 Å². The minimum Gasteiger partial charge on any atom is -0.351 e. The summed E-state index contributed by atoms with van der Waals surface area (Å²) in [7, 11) is -3.50. The minimum absolute atomic E-state index is 0.0379. The summed E-state index contributed by atoms with van der Waals surface area (Å²) in [5.74, 6) is -0.953. The van der Waals surface area contributed by atoms with Gasteiger partial charge in [0.25, 0.3) is 5.91 Å². The van der Waals surface area contributed by atoms with Gasteiger partial charge in [0.1, 0.15) is 0 Å². The summed E-state index contributed by atoms with van der Waals surface area (Å²) >= 11 is 1.41. The number of hydrogen-bond acceptors (Lipinski definition) is 6. The number of anilines is 1. The number of carbonyl (C=O) groups is 1. The van der Waals surface area contributed by atoms with Crippen LogP contribution in [-0.2, 0) is 16.0 Å². The number of alkyl halides is 3. The van der Waals surface area contributed by atoms with E-state index in [2.05, 4.69) is 4.98 Å². The number of piperazine rings is 1. The number of benzene rings is 1. The van der Waals surface area contributed by atoms with Crippen LogP contribution in [0.1, 0.15) is 22.8 Å². The summed E-state index contributed by atoms with van der Waals surface area (Å²) < 4.78 is 76.3. The topological polar surface area (TPSA) is 70.6 Å². The molecule has 0 unspecified atom stereocenters. The van der Waals surface area contributed by atoms with Gasteiger partial charge in [-0.25, -0.2) is 17.8 Å². The fourth-order valence-corrected chi connectivity index (χ4v) is 4.72. The lowest BCUT2D eigenvalue weighted by Gasteiger charge is -2.36. The molecule has 0 aliphatic carbocycles. The van der Waals surface area contributed by atoms with Gasteiger partial charge in [-0.3, -0.25) is 4.79 Å².